The number of nitrogens with one attached hydrogen (secondary N) is 2. The van der Waals surface area contributed by atoms with Crippen LogP contribution in [0.1, 0.15) is 34.1 Å². The van der Waals surface area contributed by atoms with Gasteiger partial charge < -0.3 is 20.1 Å². The summed E-state index contributed by atoms with van der Waals surface area (Å²) >= 11 is 0. The van der Waals surface area contributed by atoms with Crippen molar-refractivity contribution in [1.82, 2.24) is 35.6 Å². The molecule has 2 unspecified atom stereocenters. The van der Waals surface area contributed by atoms with Crippen molar-refractivity contribution >= 4 is 21.8 Å². The van der Waals surface area contributed by atoms with Crippen molar-refractivity contribution in [3.8, 4) is 51.2 Å². The molecular formula is C44H35N7O2. The quantitative estimate of drug-likeness (QED) is 0.155. The summed E-state index contributed by atoms with van der Waals surface area (Å²) in [4.78, 5) is 0. The third-order valence-corrected chi connectivity index (χ3v) is 10.6. The van der Waals surface area contributed by atoms with E-state index in [9.17, 15) is 0 Å². The normalized spacial score (nSPS) is 15.3. The molecule has 2 atom stereocenters. The van der Waals surface area contributed by atoms with E-state index in [-0.39, 0.29) is 11.8 Å². The van der Waals surface area contributed by atoms with Gasteiger partial charge in [-0.2, -0.15) is 0 Å². The molecule has 53 heavy (non-hydrogen) atoms. The summed E-state index contributed by atoms with van der Waals surface area (Å²) in [5.74, 6) is 3.84. The molecule has 0 bridgehead atoms. The number of aromatic nitrogens is 5. The van der Waals surface area contributed by atoms with Crippen LogP contribution in [0.2, 0.25) is 0 Å². The van der Waals surface area contributed by atoms with Crippen molar-refractivity contribution in [2.45, 2.75) is 11.8 Å². The van der Waals surface area contributed by atoms with Crippen LogP contribution in [-0.2, 0) is 0 Å². The molecule has 8 aromatic rings. The fourth-order valence-corrected chi connectivity index (χ4v) is 8.43. The first-order chi connectivity index (χ1) is 26.2. The van der Waals surface area contributed by atoms with Gasteiger partial charge in [-0.05, 0) is 107 Å². The number of nitrogens with zero attached hydrogens (tertiary/aromatic N) is 5. The van der Waals surface area contributed by atoms with Crippen molar-refractivity contribution in [2.75, 3.05) is 27.2 Å². The fraction of sp³-hybridized carbons (Fsp3) is 0.136. The molecule has 258 valence electrons. The van der Waals surface area contributed by atoms with Crippen LogP contribution in [0.5, 0.6) is 23.0 Å². The zero-order valence-corrected chi connectivity index (χ0v) is 29.2. The highest BCUT2D eigenvalue weighted by Gasteiger charge is 2.30. The summed E-state index contributed by atoms with van der Waals surface area (Å²) in [5, 5.41) is 25.7. The van der Waals surface area contributed by atoms with Gasteiger partial charge in [0, 0.05) is 47.8 Å². The molecule has 9 heteroatoms. The maximum Gasteiger partial charge on any atom is 0.273 e. The van der Waals surface area contributed by atoms with Crippen LogP contribution in [0, 0.1) is 0 Å². The summed E-state index contributed by atoms with van der Waals surface area (Å²) in [6.45, 7) is 1.70. The molecule has 0 saturated carbocycles. The van der Waals surface area contributed by atoms with Crippen LogP contribution in [0.15, 0.2) is 128 Å². The van der Waals surface area contributed by atoms with Crippen molar-refractivity contribution < 1.29 is 9.47 Å². The van der Waals surface area contributed by atoms with Crippen molar-refractivity contribution in [1.29, 1.82) is 0 Å². The van der Waals surface area contributed by atoms with Crippen molar-refractivity contribution in [2.24, 2.45) is 0 Å². The van der Waals surface area contributed by atoms with Crippen LogP contribution in [0.3, 0.4) is 0 Å². The van der Waals surface area contributed by atoms with E-state index in [2.05, 4.69) is 116 Å². The third kappa shape index (κ3) is 5.16. The van der Waals surface area contributed by atoms with Crippen LogP contribution in [-0.4, -0.2) is 52.1 Å². The van der Waals surface area contributed by atoms with Gasteiger partial charge in [0.15, 0.2) is 6.33 Å². The maximum atomic E-state index is 6.58. The van der Waals surface area contributed by atoms with E-state index in [0.717, 1.165) is 46.4 Å². The second-order valence-electron chi connectivity index (χ2n) is 13.6. The van der Waals surface area contributed by atoms with E-state index >= 15 is 0 Å². The molecule has 0 spiro atoms. The zero-order chi connectivity index (χ0) is 35.5. The SMILES string of the molecule is CNCC1c2ccccc2-c2ccc(Oc3ccc4c5ccc(Oc6ccc7c(c6)C(CNC)c6ccccc6-7)cc5n(-c5nncnn5)c4c3)cc21. The van der Waals surface area contributed by atoms with Gasteiger partial charge in [0.25, 0.3) is 5.95 Å². The standard InChI is InChI=1S/C44H35N7O2/c1-45-23-40-32-9-5-3-7-30(32)34-15-11-26(19-38(34)40)52-28-13-17-36-37-18-14-29(22-43(37)51(42(36)21-28)44-49-47-25-48-50-44)53-27-12-16-35-31-8-4-6-10-33(31)41(24-46-2)39(35)20-27/h3-22,25,40-41,45-46H,23-24H2,1-2H3. The number of rotatable bonds is 9. The Hall–Kier alpha value is -6.42. The lowest BCUT2D eigenvalue weighted by Gasteiger charge is -2.14. The molecule has 0 aliphatic heterocycles. The molecular weight excluding hydrogens is 659 g/mol. The lowest BCUT2D eigenvalue weighted by molar-refractivity contribution is 0.482. The maximum absolute atomic E-state index is 6.58. The van der Waals surface area contributed by atoms with Gasteiger partial charge in [-0.1, -0.05) is 60.7 Å². The average Bonchev–Trinajstić information content (AvgIpc) is 3.80. The number of ether oxygens (including phenoxy) is 2. The Morgan fingerprint density at radius 3 is 1.43 bits per heavy atom. The fourth-order valence-electron chi connectivity index (χ4n) is 8.43. The summed E-state index contributed by atoms with van der Waals surface area (Å²) in [6, 6.07) is 42.3. The molecule has 2 aliphatic rings. The van der Waals surface area contributed by atoms with Gasteiger partial charge >= 0.3 is 0 Å². The smallest absolute Gasteiger partial charge is 0.273 e. The van der Waals surface area contributed by atoms with Crippen LogP contribution in [0.25, 0.3) is 50.0 Å². The second kappa shape index (κ2) is 12.7. The molecule has 0 saturated heterocycles. The predicted molar refractivity (Wildman–Crippen MR) is 207 cm³/mol. The van der Waals surface area contributed by atoms with E-state index in [4.69, 9.17) is 9.47 Å². The minimum Gasteiger partial charge on any atom is -0.457 e. The van der Waals surface area contributed by atoms with Gasteiger partial charge in [0.1, 0.15) is 23.0 Å². The Labute approximate surface area is 306 Å². The lowest BCUT2D eigenvalue weighted by atomic mass is 9.97. The zero-order valence-electron chi connectivity index (χ0n) is 29.2. The molecule has 0 amide bonds. The average molecular weight is 694 g/mol. The summed E-state index contributed by atoms with van der Waals surface area (Å²) in [7, 11) is 4.00. The van der Waals surface area contributed by atoms with Gasteiger partial charge in [-0.3, -0.25) is 4.57 Å². The number of benzene rings is 6. The van der Waals surface area contributed by atoms with E-state index in [1.165, 1.54) is 50.8 Å². The number of hydrogen-bond donors (Lipinski definition) is 2. The van der Waals surface area contributed by atoms with E-state index in [1.807, 2.05) is 55.1 Å². The highest BCUT2D eigenvalue weighted by atomic mass is 16.5. The largest absolute Gasteiger partial charge is 0.457 e. The summed E-state index contributed by atoms with van der Waals surface area (Å²) in [5.41, 5.74) is 12.0. The van der Waals surface area contributed by atoms with Crippen LogP contribution < -0.4 is 20.1 Å². The molecule has 0 fully saturated rings. The lowest BCUT2D eigenvalue weighted by Crippen LogP contribution is -2.16. The van der Waals surface area contributed by atoms with Crippen molar-refractivity contribution in [3.63, 3.8) is 0 Å². The summed E-state index contributed by atoms with van der Waals surface area (Å²) < 4.78 is 15.1. The molecule has 0 radical (unpaired) electrons. The minimum atomic E-state index is 0.259. The monoisotopic (exact) mass is 693 g/mol. The van der Waals surface area contributed by atoms with Crippen LogP contribution in [0.4, 0.5) is 0 Å². The van der Waals surface area contributed by atoms with E-state index < -0.39 is 0 Å². The van der Waals surface area contributed by atoms with Gasteiger partial charge in [-0.15, -0.1) is 20.4 Å². The minimum absolute atomic E-state index is 0.259. The number of likely N-dealkylation sites (N-methyl/N-ethyl adjacent to an activating group) is 2. The first-order valence-corrected chi connectivity index (χ1v) is 17.9. The van der Waals surface area contributed by atoms with E-state index in [0.29, 0.717) is 17.4 Å². The third-order valence-electron chi connectivity index (χ3n) is 10.6. The first-order valence-electron chi connectivity index (χ1n) is 17.9. The Balaban J connectivity index is 1.02. The molecule has 2 aliphatic carbocycles. The van der Waals surface area contributed by atoms with Gasteiger partial charge in [0.2, 0.25) is 0 Å². The Bertz CT molecular complexity index is 2530. The van der Waals surface area contributed by atoms with Gasteiger partial charge in [-0.25, -0.2) is 0 Å². The molecule has 10 rings (SSSR count). The van der Waals surface area contributed by atoms with Crippen molar-refractivity contribution in [3.05, 3.63) is 150 Å². The topological polar surface area (TPSA) is 99.0 Å². The Morgan fingerprint density at radius 1 is 0.509 bits per heavy atom. The molecule has 2 heterocycles. The Kier molecular flexibility index (Phi) is 7.48. The Morgan fingerprint density at radius 2 is 0.943 bits per heavy atom. The first kappa shape index (κ1) is 31.3. The van der Waals surface area contributed by atoms with E-state index in [1.54, 1.807) is 0 Å². The predicted octanol–water partition coefficient (Wildman–Crippen LogP) is 8.61. The molecule has 2 aromatic heterocycles. The molecule has 9 nitrogen and oxygen atoms in total. The molecule has 6 aromatic carbocycles. The van der Waals surface area contributed by atoms with Gasteiger partial charge in [0.05, 0.1) is 11.0 Å². The summed E-state index contributed by atoms with van der Waals surface area (Å²) in [6.07, 6.45) is 1.33. The molecule has 2 N–H and O–H groups in total. The second-order valence-corrected chi connectivity index (χ2v) is 13.6. The number of hydrogen-bond acceptors (Lipinski definition) is 8. The highest BCUT2D eigenvalue weighted by Crippen LogP contribution is 2.48. The van der Waals surface area contributed by atoms with Crippen LogP contribution >= 0.6 is 0 Å². The highest BCUT2D eigenvalue weighted by molar-refractivity contribution is 6.09. The number of fused-ring (bicyclic) bond motifs is 9.